The van der Waals surface area contributed by atoms with E-state index in [-0.39, 0.29) is 5.92 Å². The molecule has 0 aliphatic carbocycles. The fourth-order valence-electron chi connectivity index (χ4n) is 2.41. The fraction of sp³-hybridized carbons (Fsp3) is 0.294. The molecule has 2 aromatic carbocycles. The van der Waals surface area contributed by atoms with Gasteiger partial charge < -0.3 is 15.6 Å². The quantitative estimate of drug-likeness (QED) is 0.837. The van der Waals surface area contributed by atoms with Gasteiger partial charge in [-0.15, -0.1) is 0 Å². The third-order valence-electron chi connectivity index (χ3n) is 3.45. The van der Waals surface area contributed by atoms with E-state index in [0.29, 0.717) is 18.9 Å². The summed E-state index contributed by atoms with van der Waals surface area (Å²) in [5.41, 5.74) is 7.68. The molecule has 0 aromatic heterocycles. The molecule has 0 radical (unpaired) electrons. The van der Waals surface area contributed by atoms with Crippen LogP contribution in [0.1, 0.15) is 30.1 Å². The van der Waals surface area contributed by atoms with Gasteiger partial charge >= 0.3 is 0 Å². The van der Waals surface area contributed by atoms with Crippen LogP contribution in [0, 0.1) is 0 Å². The van der Waals surface area contributed by atoms with Crippen LogP contribution in [0.3, 0.4) is 0 Å². The Kier molecular flexibility index (Phi) is 5.79. The summed E-state index contributed by atoms with van der Waals surface area (Å²) in [6.45, 7) is 2.85. The van der Waals surface area contributed by atoms with Crippen LogP contribution in [0.25, 0.3) is 0 Å². The Balaban J connectivity index is 2.34. The molecule has 21 heavy (non-hydrogen) atoms. The van der Waals surface area contributed by atoms with E-state index in [0.717, 1.165) is 15.6 Å². The van der Waals surface area contributed by atoms with Gasteiger partial charge in [0, 0.05) is 22.5 Å². The number of rotatable bonds is 6. The predicted molar refractivity (Wildman–Crippen MR) is 88.5 cm³/mol. The molecule has 0 amide bonds. The van der Waals surface area contributed by atoms with Gasteiger partial charge in [0.2, 0.25) is 0 Å². The minimum absolute atomic E-state index is 0.177. The first-order valence-electron chi connectivity index (χ1n) is 7.02. The minimum atomic E-state index is -0.702. The standard InChI is InChI=1S/C17H20BrNO2/c1-2-21-16-9-4-3-8-14(16)17(20)15(11-19)12-6-5-7-13(18)10-12/h3-10,15,17,20H,2,11,19H2,1H3. The average molecular weight is 350 g/mol. The van der Waals surface area contributed by atoms with Crippen LogP contribution < -0.4 is 10.5 Å². The van der Waals surface area contributed by atoms with E-state index in [1.165, 1.54) is 0 Å². The molecule has 0 spiro atoms. The van der Waals surface area contributed by atoms with Crippen molar-refractivity contribution in [3.63, 3.8) is 0 Å². The second kappa shape index (κ2) is 7.59. The first kappa shape index (κ1) is 16.0. The van der Waals surface area contributed by atoms with E-state index in [2.05, 4.69) is 15.9 Å². The molecule has 2 rings (SSSR count). The summed E-state index contributed by atoms with van der Waals surface area (Å²) in [6.07, 6.45) is -0.702. The number of aliphatic hydroxyl groups is 1. The van der Waals surface area contributed by atoms with Crippen molar-refractivity contribution in [1.29, 1.82) is 0 Å². The lowest BCUT2D eigenvalue weighted by molar-refractivity contribution is 0.142. The molecule has 0 heterocycles. The van der Waals surface area contributed by atoms with Crippen molar-refractivity contribution in [3.05, 3.63) is 64.1 Å². The van der Waals surface area contributed by atoms with Gasteiger partial charge in [0.25, 0.3) is 0 Å². The molecule has 2 atom stereocenters. The van der Waals surface area contributed by atoms with Crippen molar-refractivity contribution in [1.82, 2.24) is 0 Å². The first-order valence-corrected chi connectivity index (χ1v) is 7.82. The van der Waals surface area contributed by atoms with Crippen LogP contribution in [-0.4, -0.2) is 18.3 Å². The Labute approximate surface area is 133 Å². The molecule has 112 valence electrons. The zero-order chi connectivity index (χ0) is 15.2. The molecule has 0 aliphatic rings. The number of ether oxygens (including phenoxy) is 1. The molecule has 0 saturated heterocycles. The second-order valence-corrected chi connectivity index (χ2v) is 5.73. The molecular weight excluding hydrogens is 330 g/mol. The Hall–Kier alpha value is -1.36. The fourth-order valence-corrected chi connectivity index (χ4v) is 2.83. The topological polar surface area (TPSA) is 55.5 Å². The highest BCUT2D eigenvalue weighted by molar-refractivity contribution is 9.10. The predicted octanol–water partition coefficient (Wildman–Crippen LogP) is 3.62. The van der Waals surface area contributed by atoms with Gasteiger partial charge in [0.1, 0.15) is 5.75 Å². The van der Waals surface area contributed by atoms with E-state index in [4.69, 9.17) is 10.5 Å². The van der Waals surface area contributed by atoms with Crippen molar-refractivity contribution in [2.75, 3.05) is 13.2 Å². The lowest BCUT2D eigenvalue weighted by Gasteiger charge is -2.24. The average Bonchev–Trinajstić information content (AvgIpc) is 2.49. The normalized spacial score (nSPS) is 13.7. The first-order chi connectivity index (χ1) is 10.2. The highest BCUT2D eigenvalue weighted by Gasteiger charge is 2.24. The lowest BCUT2D eigenvalue weighted by atomic mass is 9.89. The molecule has 0 fully saturated rings. The maximum absolute atomic E-state index is 10.8. The monoisotopic (exact) mass is 349 g/mol. The molecule has 0 saturated carbocycles. The summed E-state index contributed by atoms with van der Waals surface area (Å²) < 4.78 is 6.58. The van der Waals surface area contributed by atoms with E-state index < -0.39 is 6.10 Å². The summed E-state index contributed by atoms with van der Waals surface area (Å²) in [6, 6.07) is 15.4. The number of hydrogen-bond acceptors (Lipinski definition) is 3. The number of halogens is 1. The van der Waals surface area contributed by atoms with Crippen molar-refractivity contribution in [3.8, 4) is 5.75 Å². The molecular formula is C17H20BrNO2. The SMILES string of the molecule is CCOc1ccccc1C(O)C(CN)c1cccc(Br)c1. The molecule has 4 heteroatoms. The van der Waals surface area contributed by atoms with Crippen LogP contribution >= 0.6 is 15.9 Å². The Morgan fingerprint density at radius 3 is 2.62 bits per heavy atom. The van der Waals surface area contributed by atoms with Gasteiger partial charge in [-0.2, -0.15) is 0 Å². The van der Waals surface area contributed by atoms with E-state index >= 15 is 0 Å². The Morgan fingerprint density at radius 2 is 1.95 bits per heavy atom. The third-order valence-corrected chi connectivity index (χ3v) is 3.94. The molecule has 3 N–H and O–H groups in total. The maximum atomic E-state index is 10.8. The molecule has 0 bridgehead atoms. The van der Waals surface area contributed by atoms with Gasteiger partial charge in [0.15, 0.2) is 0 Å². The molecule has 2 aromatic rings. The summed E-state index contributed by atoms with van der Waals surface area (Å²) in [4.78, 5) is 0. The zero-order valence-electron chi connectivity index (χ0n) is 12.0. The van der Waals surface area contributed by atoms with Crippen LogP contribution in [0.4, 0.5) is 0 Å². The number of para-hydroxylation sites is 1. The van der Waals surface area contributed by atoms with Gasteiger partial charge in [-0.3, -0.25) is 0 Å². The van der Waals surface area contributed by atoms with Crippen LogP contribution in [-0.2, 0) is 0 Å². The van der Waals surface area contributed by atoms with Crippen molar-refractivity contribution in [2.24, 2.45) is 5.73 Å². The molecule has 0 aliphatic heterocycles. The van der Waals surface area contributed by atoms with Gasteiger partial charge in [-0.05, 0) is 30.7 Å². The van der Waals surface area contributed by atoms with Crippen molar-refractivity contribution in [2.45, 2.75) is 18.9 Å². The highest BCUT2D eigenvalue weighted by Crippen LogP contribution is 2.35. The number of hydrogen-bond donors (Lipinski definition) is 2. The van der Waals surface area contributed by atoms with Crippen molar-refractivity contribution >= 4 is 15.9 Å². The summed E-state index contributed by atoms with van der Waals surface area (Å²) in [5, 5.41) is 10.8. The van der Waals surface area contributed by atoms with Crippen LogP contribution in [0.5, 0.6) is 5.75 Å². The van der Waals surface area contributed by atoms with E-state index in [1.807, 2.05) is 55.5 Å². The minimum Gasteiger partial charge on any atom is -0.493 e. The number of benzene rings is 2. The highest BCUT2D eigenvalue weighted by atomic mass is 79.9. The molecule has 2 unspecified atom stereocenters. The smallest absolute Gasteiger partial charge is 0.125 e. The Morgan fingerprint density at radius 1 is 1.19 bits per heavy atom. The molecule has 3 nitrogen and oxygen atoms in total. The number of nitrogens with two attached hydrogens (primary N) is 1. The van der Waals surface area contributed by atoms with E-state index in [1.54, 1.807) is 0 Å². The van der Waals surface area contributed by atoms with Crippen molar-refractivity contribution < 1.29 is 9.84 Å². The third kappa shape index (κ3) is 3.84. The number of aliphatic hydroxyl groups excluding tert-OH is 1. The van der Waals surface area contributed by atoms with Crippen LogP contribution in [0.2, 0.25) is 0 Å². The summed E-state index contributed by atoms with van der Waals surface area (Å²) in [5.74, 6) is 0.532. The summed E-state index contributed by atoms with van der Waals surface area (Å²) >= 11 is 3.46. The van der Waals surface area contributed by atoms with Crippen LogP contribution in [0.15, 0.2) is 53.0 Å². The Bertz CT molecular complexity index is 589. The van der Waals surface area contributed by atoms with Gasteiger partial charge in [-0.1, -0.05) is 46.3 Å². The van der Waals surface area contributed by atoms with E-state index in [9.17, 15) is 5.11 Å². The zero-order valence-corrected chi connectivity index (χ0v) is 13.6. The summed E-state index contributed by atoms with van der Waals surface area (Å²) in [7, 11) is 0. The maximum Gasteiger partial charge on any atom is 0.125 e. The second-order valence-electron chi connectivity index (χ2n) is 4.81. The van der Waals surface area contributed by atoms with Gasteiger partial charge in [0.05, 0.1) is 12.7 Å². The van der Waals surface area contributed by atoms with Gasteiger partial charge in [-0.25, -0.2) is 0 Å². The largest absolute Gasteiger partial charge is 0.493 e. The lowest BCUT2D eigenvalue weighted by Crippen LogP contribution is -2.20.